The zero-order valence-electron chi connectivity index (χ0n) is 10.3. The second-order valence-electron chi connectivity index (χ2n) is 4.44. The first-order chi connectivity index (χ1) is 8.29. The monoisotopic (exact) mass is 236 g/mol. The lowest BCUT2D eigenvalue weighted by atomic mass is 10.1. The van der Waals surface area contributed by atoms with E-state index in [0.717, 1.165) is 37.3 Å². The Balaban J connectivity index is 1.86. The van der Waals surface area contributed by atoms with Gasteiger partial charge in [0.1, 0.15) is 0 Å². The van der Waals surface area contributed by atoms with Gasteiger partial charge < -0.3 is 15.4 Å². The number of aromatic nitrogens is 2. The molecule has 0 atom stereocenters. The van der Waals surface area contributed by atoms with Gasteiger partial charge in [0.15, 0.2) is 5.82 Å². The molecule has 0 saturated carbocycles. The Kier molecular flexibility index (Phi) is 4.28. The molecule has 0 aliphatic carbocycles. The molecule has 5 heteroatoms. The summed E-state index contributed by atoms with van der Waals surface area (Å²) < 4.78 is 5.65. The summed E-state index contributed by atoms with van der Waals surface area (Å²) in [6, 6.07) is 2.08. The Morgan fingerprint density at radius 1 is 1.47 bits per heavy atom. The van der Waals surface area contributed by atoms with E-state index in [0.29, 0.717) is 19.3 Å². The van der Waals surface area contributed by atoms with Crippen LogP contribution in [0.1, 0.15) is 18.4 Å². The molecule has 5 nitrogen and oxygen atoms in total. The minimum atomic E-state index is 0.354. The average molecular weight is 236 g/mol. The summed E-state index contributed by atoms with van der Waals surface area (Å²) in [4.78, 5) is 2.27. The molecule has 2 rings (SSSR count). The van der Waals surface area contributed by atoms with Crippen LogP contribution in [0.3, 0.4) is 0 Å². The molecule has 1 aliphatic heterocycles. The molecule has 0 unspecified atom stereocenters. The molecule has 0 amide bonds. The minimum Gasteiger partial charge on any atom is -0.377 e. The predicted molar refractivity (Wildman–Crippen MR) is 67.0 cm³/mol. The van der Waals surface area contributed by atoms with E-state index in [9.17, 15) is 0 Å². The Hall–Kier alpha value is -1.20. The number of hydrogen-bond acceptors (Lipinski definition) is 5. The molecule has 1 saturated heterocycles. The first kappa shape index (κ1) is 12.3. The number of aryl methyl sites for hydroxylation is 1. The highest BCUT2D eigenvalue weighted by Crippen LogP contribution is 2.19. The Morgan fingerprint density at radius 3 is 2.88 bits per heavy atom. The smallest absolute Gasteiger partial charge is 0.151 e. The molecular formula is C12H20N4O. The van der Waals surface area contributed by atoms with Crippen LogP contribution in [0.5, 0.6) is 0 Å². The fraction of sp³-hybridized carbons (Fsp3) is 0.667. The molecule has 1 aromatic rings. The molecule has 1 aliphatic rings. The third-order valence-corrected chi connectivity index (χ3v) is 3.02. The van der Waals surface area contributed by atoms with Crippen molar-refractivity contribution in [1.82, 2.24) is 10.2 Å². The van der Waals surface area contributed by atoms with Crippen LogP contribution in [0.25, 0.3) is 0 Å². The average Bonchev–Trinajstić information content (AvgIpc) is 2.37. The van der Waals surface area contributed by atoms with E-state index in [2.05, 4.69) is 21.2 Å². The van der Waals surface area contributed by atoms with Crippen LogP contribution in [-0.4, -0.2) is 42.5 Å². The minimum absolute atomic E-state index is 0.354. The van der Waals surface area contributed by atoms with Crippen LogP contribution in [-0.2, 0) is 4.74 Å². The highest BCUT2D eigenvalue weighted by molar-refractivity contribution is 5.39. The molecule has 17 heavy (non-hydrogen) atoms. The van der Waals surface area contributed by atoms with E-state index in [1.807, 2.05) is 6.92 Å². The highest BCUT2D eigenvalue weighted by atomic mass is 16.5. The van der Waals surface area contributed by atoms with Crippen molar-refractivity contribution in [3.8, 4) is 0 Å². The van der Waals surface area contributed by atoms with Gasteiger partial charge in [-0.3, -0.25) is 0 Å². The normalized spacial score (nSPS) is 17.4. The summed E-state index contributed by atoms with van der Waals surface area (Å²) in [5.74, 6) is 0.974. The number of hydrogen-bond donors (Lipinski definition) is 1. The number of nitrogens with zero attached hydrogens (tertiary/aromatic N) is 3. The van der Waals surface area contributed by atoms with Crippen molar-refractivity contribution in [2.75, 3.05) is 31.1 Å². The molecule has 0 spiro atoms. The quantitative estimate of drug-likeness (QED) is 0.835. The lowest BCUT2D eigenvalue weighted by molar-refractivity contribution is 0.0421. The summed E-state index contributed by atoms with van der Waals surface area (Å²) >= 11 is 0. The zero-order valence-corrected chi connectivity index (χ0v) is 10.3. The van der Waals surface area contributed by atoms with Gasteiger partial charge in [0.25, 0.3) is 0 Å². The molecule has 0 aromatic carbocycles. The fourth-order valence-corrected chi connectivity index (χ4v) is 2.09. The van der Waals surface area contributed by atoms with Crippen LogP contribution in [0.2, 0.25) is 0 Å². The van der Waals surface area contributed by atoms with Gasteiger partial charge >= 0.3 is 0 Å². The van der Waals surface area contributed by atoms with Gasteiger partial charge in [-0.1, -0.05) is 0 Å². The van der Waals surface area contributed by atoms with Gasteiger partial charge in [0.05, 0.1) is 18.9 Å². The van der Waals surface area contributed by atoms with E-state index in [4.69, 9.17) is 10.5 Å². The maximum absolute atomic E-state index is 5.65. The Morgan fingerprint density at radius 2 is 2.24 bits per heavy atom. The SMILES string of the molecule is Cc1cnnc(N2CCC(OCCN)CC2)c1. The van der Waals surface area contributed by atoms with E-state index in [1.54, 1.807) is 6.20 Å². The van der Waals surface area contributed by atoms with Gasteiger partial charge in [0, 0.05) is 19.6 Å². The maximum Gasteiger partial charge on any atom is 0.151 e. The van der Waals surface area contributed by atoms with E-state index in [1.165, 1.54) is 0 Å². The predicted octanol–water partition coefficient (Wildman–Crippen LogP) is 0.729. The van der Waals surface area contributed by atoms with Crippen LogP contribution in [0, 0.1) is 6.92 Å². The Bertz CT molecular complexity index is 350. The zero-order chi connectivity index (χ0) is 12.1. The summed E-state index contributed by atoms with van der Waals surface area (Å²) in [6.45, 7) is 5.26. The van der Waals surface area contributed by atoms with E-state index >= 15 is 0 Å². The van der Waals surface area contributed by atoms with Crippen molar-refractivity contribution in [2.45, 2.75) is 25.9 Å². The molecule has 2 N–H and O–H groups in total. The number of nitrogens with two attached hydrogens (primary N) is 1. The molecule has 1 fully saturated rings. The summed E-state index contributed by atoms with van der Waals surface area (Å²) in [7, 11) is 0. The summed E-state index contributed by atoms with van der Waals surface area (Å²) in [6.07, 6.45) is 4.21. The van der Waals surface area contributed by atoms with Crippen LogP contribution in [0.4, 0.5) is 5.82 Å². The van der Waals surface area contributed by atoms with Crippen LogP contribution < -0.4 is 10.6 Å². The van der Waals surface area contributed by atoms with Crippen molar-refractivity contribution in [3.63, 3.8) is 0 Å². The molecule has 94 valence electrons. The largest absolute Gasteiger partial charge is 0.377 e. The number of anilines is 1. The lowest BCUT2D eigenvalue weighted by Crippen LogP contribution is -2.38. The summed E-state index contributed by atoms with van der Waals surface area (Å²) in [5.41, 5.74) is 6.58. The van der Waals surface area contributed by atoms with E-state index in [-0.39, 0.29) is 0 Å². The standard InChI is InChI=1S/C12H20N4O/c1-10-8-12(15-14-9-10)16-5-2-11(3-6-16)17-7-4-13/h8-9,11H,2-7,13H2,1H3. The molecule has 0 bridgehead atoms. The first-order valence-electron chi connectivity index (χ1n) is 6.15. The van der Waals surface area contributed by atoms with Gasteiger partial charge in [-0.2, -0.15) is 5.10 Å². The van der Waals surface area contributed by atoms with Gasteiger partial charge in [-0.25, -0.2) is 0 Å². The molecule has 0 radical (unpaired) electrons. The van der Waals surface area contributed by atoms with Crippen molar-refractivity contribution >= 4 is 5.82 Å². The van der Waals surface area contributed by atoms with Crippen LogP contribution >= 0.6 is 0 Å². The first-order valence-corrected chi connectivity index (χ1v) is 6.15. The molecule has 2 heterocycles. The maximum atomic E-state index is 5.65. The van der Waals surface area contributed by atoms with Crippen molar-refractivity contribution < 1.29 is 4.74 Å². The van der Waals surface area contributed by atoms with Crippen molar-refractivity contribution in [1.29, 1.82) is 0 Å². The number of piperidine rings is 1. The number of rotatable bonds is 4. The summed E-state index contributed by atoms with van der Waals surface area (Å²) in [5, 5.41) is 8.15. The van der Waals surface area contributed by atoms with Crippen molar-refractivity contribution in [2.24, 2.45) is 5.73 Å². The number of ether oxygens (including phenoxy) is 1. The second kappa shape index (κ2) is 5.93. The molecular weight excluding hydrogens is 216 g/mol. The second-order valence-corrected chi connectivity index (χ2v) is 4.44. The van der Waals surface area contributed by atoms with Crippen molar-refractivity contribution in [3.05, 3.63) is 17.8 Å². The van der Waals surface area contributed by atoms with E-state index < -0.39 is 0 Å². The van der Waals surface area contributed by atoms with Gasteiger partial charge in [0.2, 0.25) is 0 Å². The topological polar surface area (TPSA) is 64.3 Å². The van der Waals surface area contributed by atoms with Gasteiger partial charge in [-0.15, -0.1) is 5.10 Å². The molecule has 1 aromatic heterocycles. The van der Waals surface area contributed by atoms with Crippen LogP contribution in [0.15, 0.2) is 12.3 Å². The lowest BCUT2D eigenvalue weighted by Gasteiger charge is -2.32. The fourth-order valence-electron chi connectivity index (χ4n) is 2.09. The third kappa shape index (κ3) is 3.38. The van der Waals surface area contributed by atoms with Gasteiger partial charge in [-0.05, 0) is 31.4 Å². The third-order valence-electron chi connectivity index (χ3n) is 3.02. The highest BCUT2D eigenvalue weighted by Gasteiger charge is 2.20. The Labute approximate surface area is 102 Å².